The van der Waals surface area contributed by atoms with Crippen molar-refractivity contribution < 1.29 is 9.32 Å². The zero-order valence-corrected chi connectivity index (χ0v) is 13.3. The molecule has 0 saturated carbocycles. The van der Waals surface area contributed by atoms with Crippen LogP contribution in [0.2, 0.25) is 0 Å². The van der Waals surface area contributed by atoms with Crippen molar-refractivity contribution in [3.63, 3.8) is 0 Å². The predicted octanol–water partition coefficient (Wildman–Crippen LogP) is 1.34. The zero-order chi connectivity index (χ0) is 17.1. The van der Waals surface area contributed by atoms with Gasteiger partial charge in [-0.3, -0.25) is 19.4 Å². The van der Waals surface area contributed by atoms with Crippen molar-refractivity contribution in [3.8, 4) is 11.3 Å². The second-order valence-electron chi connectivity index (χ2n) is 5.51. The number of nitrogens with zero attached hydrogens (tertiary/aromatic N) is 2. The van der Waals surface area contributed by atoms with Crippen LogP contribution in [0, 0.1) is 13.8 Å². The number of hydrogen-bond donors (Lipinski definition) is 3. The molecule has 0 fully saturated rings. The second kappa shape index (κ2) is 6.53. The SMILES string of the molecule is Cc1ccc(-c2cc(C(=O)NCCc3noc(=O)[nH]3)[nH]n2)cc1C. The monoisotopic (exact) mass is 327 g/mol. The number of benzene rings is 1. The number of hydrogen-bond acceptors (Lipinski definition) is 5. The van der Waals surface area contributed by atoms with E-state index >= 15 is 0 Å². The highest BCUT2D eigenvalue weighted by Crippen LogP contribution is 2.20. The number of aromatic amines is 2. The minimum Gasteiger partial charge on any atom is -0.350 e. The van der Waals surface area contributed by atoms with Gasteiger partial charge in [0.05, 0.1) is 5.69 Å². The summed E-state index contributed by atoms with van der Waals surface area (Å²) in [5.74, 6) is -0.493. The smallest absolute Gasteiger partial charge is 0.350 e. The molecule has 0 unspecified atom stereocenters. The molecule has 0 aliphatic heterocycles. The number of aromatic nitrogens is 4. The third kappa shape index (κ3) is 3.43. The molecular formula is C16H17N5O3. The molecule has 0 bridgehead atoms. The Bertz CT molecular complexity index is 922. The third-order valence-corrected chi connectivity index (χ3v) is 3.76. The number of nitrogens with one attached hydrogen (secondary N) is 3. The topological polar surface area (TPSA) is 117 Å². The van der Waals surface area contributed by atoms with Crippen molar-refractivity contribution in [2.45, 2.75) is 20.3 Å². The summed E-state index contributed by atoms with van der Waals surface area (Å²) in [4.78, 5) is 25.3. The van der Waals surface area contributed by atoms with E-state index < -0.39 is 5.76 Å². The number of amides is 1. The minimum atomic E-state index is -0.608. The molecule has 3 aromatic rings. The number of aryl methyl sites for hydroxylation is 2. The van der Waals surface area contributed by atoms with Gasteiger partial charge in [0, 0.05) is 18.5 Å². The van der Waals surface area contributed by atoms with Gasteiger partial charge in [0.25, 0.3) is 5.91 Å². The van der Waals surface area contributed by atoms with Gasteiger partial charge in [-0.1, -0.05) is 17.3 Å². The summed E-state index contributed by atoms with van der Waals surface area (Å²) >= 11 is 0. The summed E-state index contributed by atoms with van der Waals surface area (Å²) in [6.07, 6.45) is 0.371. The molecule has 8 heteroatoms. The quantitative estimate of drug-likeness (QED) is 0.654. The number of H-pyrrole nitrogens is 2. The maximum Gasteiger partial charge on any atom is 0.438 e. The molecule has 0 aliphatic carbocycles. The molecule has 3 rings (SSSR count). The third-order valence-electron chi connectivity index (χ3n) is 3.76. The van der Waals surface area contributed by atoms with Gasteiger partial charge >= 0.3 is 5.76 Å². The summed E-state index contributed by atoms with van der Waals surface area (Å²) in [7, 11) is 0. The molecule has 0 saturated heterocycles. The van der Waals surface area contributed by atoms with E-state index in [0.29, 0.717) is 30.2 Å². The van der Waals surface area contributed by atoms with Crippen LogP contribution < -0.4 is 11.1 Å². The lowest BCUT2D eigenvalue weighted by molar-refractivity contribution is 0.0949. The molecular weight excluding hydrogens is 310 g/mol. The summed E-state index contributed by atoms with van der Waals surface area (Å²) in [6, 6.07) is 7.74. The van der Waals surface area contributed by atoms with Crippen molar-refractivity contribution in [1.29, 1.82) is 0 Å². The average Bonchev–Trinajstić information content (AvgIpc) is 3.19. The number of carbonyl (C=O) groups excluding carboxylic acids is 1. The Hall–Kier alpha value is -3.16. The lowest BCUT2D eigenvalue weighted by Crippen LogP contribution is -2.26. The van der Waals surface area contributed by atoms with Crippen molar-refractivity contribution in [3.05, 3.63) is 57.5 Å². The van der Waals surface area contributed by atoms with Crippen LogP contribution >= 0.6 is 0 Å². The first-order valence-electron chi connectivity index (χ1n) is 7.49. The molecule has 1 aromatic carbocycles. The van der Waals surface area contributed by atoms with Gasteiger partial charge in [0.15, 0.2) is 5.82 Å². The zero-order valence-electron chi connectivity index (χ0n) is 13.3. The van der Waals surface area contributed by atoms with Crippen LogP contribution in [0.5, 0.6) is 0 Å². The summed E-state index contributed by atoms with van der Waals surface area (Å²) in [5, 5.41) is 13.2. The molecule has 3 N–H and O–H groups in total. The lowest BCUT2D eigenvalue weighted by atomic mass is 10.0. The van der Waals surface area contributed by atoms with E-state index in [1.54, 1.807) is 6.07 Å². The fraction of sp³-hybridized carbons (Fsp3) is 0.250. The fourth-order valence-corrected chi connectivity index (χ4v) is 2.24. The van der Waals surface area contributed by atoms with E-state index in [1.807, 2.05) is 32.0 Å². The van der Waals surface area contributed by atoms with Crippen molar-refractivity contribution >= 4 is 5.91 Å². The molecule has 1 amide bonds. The maximum absolute atomic E-state index is 12.1. The van der Waals surface area contributed by atoms with Crippen LogP contribution in [0.25, 0.3) is 11.3 Å². The average molecular weight is 327 g/mol. The number of carbonyl (C=O) groups is 1. The molecule has 2 heterocycles. The van der Waals surface area contributed by atoms with Crippen LogP contribution in [-0.2, 0) is 6.42 Å². The van der Waals surface area contributed by atoms with Crippen LogP contribution in [-0.4, -0.2) is 32.8 Å². The fourth-order valence-electron chi connectivity index (χ4n) is 2.24. The Morgan fingerprint density at radius 2 is 2.08 bits per heavy atom. The first-order valence-corrected chi connectivity index (χ1v) is 7.49. The highest BCUT2D eigenvalue weighted by atomic mass is 16.5. The van der Waals surface area contributed by atoms with E-state index in [4.69, 9.17) is 0 Å². The van der Waals surface area contributed by atoms with Gasteiger partial charge in [-0.2, -0.15) is 5.10 Å². The van der Waals surface area contributed by atoms with Gasteiger partial charge in [0.1, 0.15) is 5.69 Å². The minimum absolute atomic E-state index is 0.275. The Balaban J connectivity index is 1.62. The largest absolute Gasteiger partial charge is 0.438 e. The summed E-state index contributed by atoms with van der Waals surface area (Å²) < 4.78 is 4.39. The van der Waals surface area contributed by atoms with Crippen molar-refractivity contribution in [2.24, 2.45) is 0 Å². The Labute approximate surface area is 137 Å². The van der Waals surface area contributed by atoms with Gasteiger partial charge < -0.3 is 5.32 Å². The highest BCUT2D eigenvalue weighted by molar-refractivity contribution is 5.93. The van der Waals surface area contributed by atoms with E-state index in [2.05, 4.69) is 30.2 Å². The van der Waals surface area contributed by atoms with Crippen LogP contribution in [0.15, 0.2) is 33.6 Å². The van der Waals surface area contributed by atoms with Gasteiger partial charge in [0.2, 0.25) is 0 Å². The Kier molecular flexibility index (Phi) is 4.28. The summed E-state index contributed by atoms with van der Waals surface area (Å²) in [6.45, 7) is 4.40. The molecule has 124 valence electrons. The Morgan fingerprint density at radius 1 is 1.25 bits per heavy atom. The molecule has 0 radical (unpaired) electrons. The van der Waals surface area contributed by atoms with Crippen LogP contribution in [0.3, 0.4) is 0 Å². The Morgan fingerprint density at radius 3 is 2.79 bits per heavy atom. The van der Waals surface area contributed by atoms with E-state index in [-0.39, 0.29) is 5.91 Å². The maximum atomic E-state index is 12.1. The van der Waals surface area contributed by atoms with Crippen LogP contribution in [0.4, 0.5) is 0 Å². The second-order valence-corrected chi connectivity index (χ2v) is 5.51. The molecule has 8 nitrogen and oxygen atoms in total. The first kappa shape index (κ1) is 15.7. The normalized spacial score (nSPS) is 10.8. The van der Waals surface area contributed by atoms with E-state index in [9.17, 15) is 9.59 Å². The number of rotatable bonds is 5. The highest BCUT2D eigenvalue weighted by Gasteiger charge is 2.11. The van der Waals surface area contributed by atoms with Crippen molar-refractivity contribution in [2.75, 3.05) is 6.54 Å². The molecule has 24 heavy (non-hydrogen) atoms. The lowest BCUT2D eigenvalue weighted by Gasteiger charge is -2.02. The molecule has 2 aromatic heterocycles. The van der Waals surface area contributed by atoms with Gasteiger partial charge in [-0.25, -0.2) is 4.79 Å². The standard InChI is InChI=1S/C16H17N5O3/c1-9-3-4-11(7-10(9)2)12-8-13(20-19-12)15(22)17-6-5-14-18-16(23)24-21-14/h3-4,7-8H,5-6H2,1-2H3,(H,17,22)(H,19,20)(H,18,21,23). The molecule has 0 aliphatic rings. The predicted molar refractivity (Wildman–Crippen MR) is 86.7 cm³/mol. The van der Waals surface area contributed by atoms with E-state index in [0.717, 1.165) is 5.56 Å². The van der Waals surface area contributed by atoms with Gasteiger partial charge in [-0.05, 0) is 37.1 Å². The molecule has 0 spiro atoms. The molecule has 0 atom stereocenters. The first-order chi connectivity index (χ1) is 11.5. The van der Waals surface area contributed by atoms with E-state index in [1.165, 1.54) is 11.1 Å². The van der Waals surface area contributed by atoms with Crippen LogP contribution in [0.1, 0.15) is 27.4 Å². The summed E-state index contributed by atoms with van der Waals surface area (Å²) in [5.41, 5.74) is 4.41. The van der Waals surface area contributed by atoms with Crippen molar-refractivity contribution in [1.82, 2.24) is 25.7 Å². The van der Waals surface area contributed by atoms with Gasteiger partial charge in [-0.15, -0.1) is 0 Å².